The van der Waals surface area contributed by atoms with Gasteiger partial charge < -0.3 is 11.1 Å². The molecule has 0 aliphatic carbocycles. The highest BCUT2D eigenvalue weighted by atomic mass is 16.1. The molecule has 1 amide bonds. The van der Waals surface area contributed by atoms with Crippen LogP contribution >= 0.6 is 0 Å². The summed E-state index contributed by atoms with van der Waals surface area (Å²) >= 11 is 0. The first-order valence-corrected chi connectivity index (χ1v) is 5.10. The molecule has 0 bridgehead atoms. The van der Waals surface area contributed by atoms with E-state index >= 15 is 0 Å². The molecule has 3 N–H and O–H groups in total. The van der Waals surface area contributed by atoms with Gasteiger partial charge in [-0.05, 0) is 44.0 Å². The zero-order valence-electron chi connectivity index (χ0n) is 9.50. The molecule has 0 saturated heterocycles. The molecule has 1 aromatic carbocycles. The van der Waals surface area contributed by atoms with Crippen LogP contribution in [-0.2, 0) is 4.79 Å². The lowest BCUT2D eigenvalue weighted by Gasteiger charge is -2.14. The molecule has 0 fully saturated rings. The van der Waals surface area contributed by atoms with Crippen LogP contribution in [0.3, 0.4) is 0 Å². The second-order valence-corrected chi connectivity index (χ2v) is 4.09. The number of amides is 1. The summed E-state index contributed by atoms with van der Waals surface area (Å²) in [5, 5.41) is 3.25. The Morgan fingerprint density at radius 1 is 1.33 bits per heavy atom. The van der Waals surface area contributed by atoms with Crippen molar-refractivity contribution in [3.8, 4) is 0 Å². The van der Waals surface area contributed by atoms with Crippen LogP contribution in [0.1, 0.15) is 24.5 Å². The molecule has 15 heavy (non-hydrogen) atoms. The fraction of sp³-hybridized carbons (Fsp3) is 0.417. The van der Waals surface area contributed by atoms with Crippen LogP contribution in [0.25, 0.3) is 0 Å². The molecule has 3 nitrogen and oxygen atoms in total. The Labute approximate surface area is 90.7 Å². The molecule has 0 radical (unpaired) electrons. The highest BCUT2D eigenvalue weighted by Gasteiger charge is 2.05. The molecule has 0 saturated carbocycles. The van der Waals surface area contributed by atoms with Gasteiger partial charge in [-0.1, -0.05) is 6.07 Å². The van der Waals surface area contributed by atoms with Crippen molar-refractivity contribution in [3.63, 3.8) is 0 Å². The van der Waals surface area contributed by atoms with Gasteiger partial charge in [-0.3, -0.25) is 4.79 Å². The summed E-state index contributed by atoms with van der Waals surface area (Å²) < 4.78 is 0. The summed E-state index contributed by atoms with van der Waals surface area (Å²) in [6, 6.07) is 6.31. The summed E-state index contributed by atoms with van der Waals surface area (Å²) in [4.78, 5) is 10.7. The van der Waals surface area contributed by atoms with Gasteiger partial charge in [0.2, 0.25) is 5.91 Å². The van der Waals surface area contributed by atoms with Crippen molar-refractivity contribution in [1.82, 2.24) is 0 Å². The highest BCUT2D eigenvalue weighted by Crippen LogP contribution is 2.15. The van der Waals surface area contributed by atoms with Gasteiger partial charge in [-0.15, -0.1) is 0 Å². The minimum atomic E-state index is -0.278. The van der Waals surface area contributed by atoms with E-state index in [9.17, 15) is 4.79 Å². The van der Waals surface area contributed by atoms with E-state index in [0.29, 0.717) is 6.42 Å². The van der Waals surface area contributed by atoms with Gasteiger partial charge in [0.05, 0.1) is 0 Å². The standard InChI is InChI=1S/C12H18N2O/c1-8-4-9(2)6-11(5-8)14-10(3)7-12(13)15/h4-6,10,14H,7H2,1-3H3,(H2,13,15). The third-order valence-corrected chi connectivity index (χ3v) is 2.14. The van der Waals surface area contributed by atoms with Gasteiger partial charge in [0.25, 0.3) is 0 Å². The number of rotatable bonds is 4. The normalized spacial score (nSPS) is 12.2. The third kappa shape index (κ3) is 4.02. The van der Waals surface area contributed by atoms with Crippen LogP contribution in [0.2, 0.25) is 0 Å². The largest absolute Gasteiger partial charge is 0.382 e. The maximum absolute atomic E-state index is 10.7. The Kier molecular flexibility index (Phi) is 3.72. The lowest BCUT2D eigenvalue weighted by Crippen LogP contribution is -2.24. The Bertz CT molecular complexity index is 340. The minimum Gasteiger partial charge on any atom is -0.382 e. The molecule has 0 aliphatic rings. The Balaban J connectivity index is 2.67. The lowest BCUT2D eigenvalue weighted by atomic mass is 10.1. The molecule has 3 heteroatoms. The first-order valence-electron chi connectivity index (χ1n) is 5.10. The van der Waals surface area contributed by atoms with Crippen molar-refractivity contribution >= 4 is 11.6 Å². The van der Waals surface area contributed by atoms with Crippen LogP contribution in [0.4, 0.5) is 5.69 Å². The molecule has 0 heterocycles. The van der Waals surface area contributed by atoms with Crippen molar-refractivity contribution in [1.29, 1.82) is 0 Å². The number of carbonyl (C=O) groups excluding carboxylic acids is 1. The molecule has 1 unspecified atom stereocenters. The van der Waals surface area contributed by atoms with Crippen molar-refractivity contribution in [2.24, 2.45) is 5.73 Å². The highest BCUT2D eigenvalue weighted by molar-refractivity contribution is 5.74. The maximum Gasteiger partial charge on any atom is 0.219 e. The topological polar surface area (TPSA) is 55.1 Å². The summed E-state index contributed by atoms with van der Waals surface area (Å²) in [6.07, 6.45) is 0.354. The van der Waals surface area contributed by atoms with E-state index in [1.807, 2.05) is 6.92 Å². The molecule has 0 aliphatic heterocycles. The number of hydrogen-bond donors (Lipinski definition) is 2. The molecule has 1 aromatic rings. The molecular formula is C12H18N2O. The van der Waals surface area contributed by atoms with Crippen LogP contribution in [0.5, 0.6) is 0 Å². The fourth-order valence-electron chi connectivity index (χ4n) is 1.70. The van der Waals surface area contributed by atoms with E-state index in [1.54, 1.807) is 0 Å². The number of aryl methyl sites for hydroxylation is 2. The monoisotopic (exact) mass is 206 g/mol. The summed E-state index contributed by atoms with van der Waals surface area (Å²) in [6.45, 7) is 6.05. The second kappa shape index (κ2) is 4.82. The SMILES string of the molecule is Cc1cc(C)cc(NC(C)CC(N)=O)c1. The maximum atomic E-state index is 10.7. The van der Waals surface area contributed by atoms with Crippen LogP contribution < -0.4 is 11.1 Å². The van der Waals surface area contributed by atoms with Crippen LogP contribution in [0, 0.1) is 13.8 Å². The Morgan fingerprint density at radius 2 is 1.87 bits per heavy atom. The van der Waals surface area contributed by atoms with Gasteiger partial charge in [-0.2, -0.15) is 0 Å². The van der Waals surface area contributed by atoms with Crippen LogP contribution in [-0.4, -0.2) is 11.9 Å². The van der Waals surface area contributed by atoms with Gasteiger partial charge in [0.15, 0.2) is 0 Å². The average molecular weight is 206 g/mol. The quantitative estimate of drug-likeness (QED) is 0.791. The van der Waals surface area contributed by atoms with Gasteiger partial charge in [0, 0.05) is 18.2 Å². The second-order valence-electron chi connectivity index (χ2n) is 4.09. The van der Waals surface area contributed by atoms with Crippen molar-refractivity contribution in [3.05, 3.63) is 29.3 Å². The third-order valence-electron chi connectivity index (χ3n) is 2.14. The number of nitrogens with two attached hydrogens (primary N) is 1. The molecule has 82 valence electrons. The molecule has 1 rings (SSSR count). The van der Waals surface area contributed by atoms with E-state index in [1.165, 1.54) is 11.1 Å². The first-order chi connectivity index (χ1) is 6.97. The molecule has 0 aromatic heterocycles. The van der Waals surface area contributed by atoms with Gasteiger partial charge >= 0.3 is 0 Å². The van der Waals surface area contributed by atoms with E-state index in [4.69, 9.17) is 5.73 Å². The van der Waals surface area contributed by atoms with E-state index < -0.39 is 0 Å². The first kappa shape index (κ1) is 11.6. The van der Waals surface area contributed by atoms with Crippen molar-refractivity contribution in [2.45, 2.75) is 33.2 Å². The lowest BCUT2D eigenvalue weighted by molar-refractivity contribution is -0.118. The predicted molar refractivity (Wildman–Crippen MR) is 62.8 cm³/mol. The zero-order valence-corrected chi connectivity index (χ0v) is 9.50. The summed E-state index contributed by atoms with van der Waals surface area (Å²) in [7, 11) is 0. The van der Waals surface area contributed by atoms with Gasteiger partial charge in [0.1, 0.15) is 0 Å². The number of benzene rings is 1. The number of hydrogen-bond acceptors (Lipinski definition) is 2. The van der Waals surface area contributed by atoms with Crippen LogP contribution in [0.15, 0.2) is 18.2 Å². The average Bonchev–Trinajstić information content (AvgIpc) is 1.98. The van der Waals surface area contributed by atoms with Crippen molar-refractivity contribution < 1.29 is 4.79 Å². The smallest absolute Gasteiger partial charge is 0.219 e. The van der Waals surface area contributed by atoms with Crippen molar-refractivity contribution in [2.75, 3.05) is 5.32 Å². The van der Waals surface area contributed by atoms with E-state index in [0.717, 1.165) is 5.69 Å². The number of carbonyl (C=O) groups is 1. The fourth-order valence-corrected chi connectivity index (χ4v) is 1.70. The predicted octanol–water partition coefficient (Wildman–Crippen LogP) is 1.98. The number of nitrogens with one attached hydrogen (secondary N) is 1. The number of primary amides is 1. The zero-order chi connectivity index (χ0) is 11.4. The minimum absolute atomic E-state index is 0.0729. The van der Waals surface area contributed by atoms with E-state index in [-0.39, 0.29) is 11.9 Å². The molecular weight excluding hydrogens is 188 g/mol. The number of anilines is 1. The summed E-state index contributed by atoms with van der Waals surface area (Å²) in [5.74, 6) is -0.278. The van der Waals surface area contributed by atoms with Gasteiger partial charge in [-0.25, -0.2) is 0 Å². The molecule has 0 spiro atoms. The van der Waals surface area contributed by atoms with E-state index in [2.05, 4.69) is 37.4 Å². The summed E-state index contributed by atoms with van der Waals surface area (Å²) in [5.41, 5.74) is 8.59. The molecule has 1 atom stereocenters. The Morgan fingerprint density at radius 3 is 2.33 bits per heavy atom. The Hall–Kier alpha value is -1.51.